The minimum atomic E-state index is -0.411. The minimum absolute atomic E-state index is 0.168. The molecule has 1 N–H and O–H groups in total. The molecule has 1 amide bonds. The van der Waals surface area contributed by atoms with Gasteiger partial charge in [0.15, 0.2) is 18.1 Å². The molecule has 178 valence electrons. The third-order valence-corrected chi connectivity index (χ3v) is 7.07. The van der Waals surface area contributed by atoms with Crippen LogP contribution in [0.3, 0.4) is 0 Å². The topological polar surface area (TPSA) is 90.9 Å². The highest BCUT2D eigenvalue weighted by atomic mass is 32.1. The first kappa shape index (κ1) is 24.8. The lowest BCUT2D eigenvalue weighted by Gasteiger charge is -2.33. The Balaban J connectivity index is 1.78. The monoisotopic (exact) mass is 473 g/mol. The van der Waals surface area contributed by atoms with Gasteiger partial charge in [-0.3, -0.25) is 9.59 Å². The number of amides is 1. The summed E-state index contributed by atoms with van der Waals surface area (Å²) in [5.41, 5.74) is 2.06. The SMILES string of the molecule is CCOC(=O)c1c(NC(=O)COc2ccc(C=O)cc2OC)sc2c1CC[C@@H](C(C)(C)C)C2. The number of aldehydes is 1. The van der Waals surface area contributed by atoms with Gasteiger partial charge in [0.25, 0.3) is 5.91 Å². The van der Waals surface area contributed by atoms with Gasteiger partial charge in [-0.25, -0.2) is 4.79 Å². The van der Waals surface area contributed by atoms with Gasteiger partial charge in [0.1, 0.15) is 11.3 Å². The second-order valence-corrected chi connectivity index (χ2v) is 10.2. The molecule has 0 bridgehead atoms. The molecule has 0 saturated carbocycles. The predicted molar refractivity (Wildman–Crippen MR) is 128 cm³/mol. The summed E-state index contributed by atoms with van der Waals surface area (Å²) in [6, 6.07) is 4.70. The van der Waals surface area contributed by atoms with Crippen LogP contribution < -0.4 is 14.8 Å². The summed E-state index contributed by atoms with van der Waals surface area (Å²) in [4.78, 5) is 37.5. The number of nitrogens with one attached hydrogen (secondary N) is 1. The highest BCUT2D eigenvalue weighted by Crippen LogP contribution is 2.44. The van der Waals surface area contributed by atoms with Crippen LogP contribution >= 0.6 is 11.3 Å². The third kappa shape index (κ3) is 5.74. The predicted octanol–water partition coefficient (Wildman–Crippen LogP) is 4.91. The maximum Gasteiger partial charge on any atom is 0.341 e. The average Bonchev–Trinajstić information content (AvgIpc) is 3.14. The minimum Gasteiger partial charge on any atom is -0.493 e. The zero-order chi connectivity index (χ0) is 24.2. The van der Waals surface area contributed by atoms with Crippen LogP contribution in [0.2, 0.25) is 0 Å². The smallest absolute Gasteiger partial charge is 0.341 e. The van der Waals surface area contributed by atoms with E-state index in [1.54, 1.807) is 19.1 Å². The fourth-order valence-corrected chi connectivity index (χ4v) is 5.35. The molecule has 2 aromatic rings. The lowest BCUT2D eigenvalue weighted by molar-refractivity contribution is -0.118. The summed E-state index contributed by atoms with van der Waals surface area (Å²) in [5, 5.41) is 3.35. The summed E-state index contributed by atoms with van der Waals surface area (Å²) < 4.78 is 16.1. The number of rotatable bonds is 8. The van der Waals surface area contributed by atoms with Gasteiger partial charge in [-0.05, 0) is 61.3 Å². The van der Waals surface area contributed by atoms with Crippen LogP contribution in [0.15, 0.2) is 18.2 Å². The Morgan fingerprint density at radius 2 is 2.00 bits per heavy atom. The van der Waals surface area contributed by atoms with Crippen molar-refractivity contribution in [3.05, 3.63) is 39.8 Å². The van der Waals surface area contributed by atoms with E-state index in [0.717, 1.165) is 29.7 Å². The molecule has 0 aliphatic heterocycles. The molecule has 8 heteroatoms. The molecule has 1 aromatic heterocycles. The van der Waals surface area contributed by atoms with E-state index in [4.69, 9.17) is 14.2 Å². The number of benzene rings is 1. The van der Waals surface area contributed by atoms with Crippen LogP contribution in [0, 0.1) is 11.3 Å². The summed E-state index contributed by atoms with van der Waals surface area (Å²) >= 11 is 1.45. The van der Waals surface area contributed by atoms with Crippen molar-refractivity contribution in [2.24, 2.45) is 11.3 Å². The summed E-state index contributed by atoms with van der Waals surface area (Å²) in [5.74, 6) is 0.411. The number of methoxy groups -OCH3 is 1. The second-order valence-electron chi connectivity index (χ2n) is 9.10. The Bertz CT molecular complexity index is 1040. The highest BCUT2D eigenvalue weighted by Gasteiger charge is 2.34. The molecule has 0 unspecified atom stereocenters. The molecule has 1 aliphatic carbocycles. The Labute approximate surface area is 198 Å². The molecule has 3 rings (SSSR count). The third-order valence-electron chi connectivity index (χ3n) is 5.91. The van der Waals surface area contributed by atoms with E-state index in [1.165, 1.54) is 24.5 Å². The lowest BCUT2D eigenvalue weighted by atomic mass is 9.72. The second kappa shape index (κ2) is 10.4. The first-order chi connectivity index (χ1) is 15.7. The first-order valence-corrected chi connectivity index (χ1v) is 11.9. The van der Waals surface area contributed by atoms with E-state index < -0.39 is 11.9 Å². The van der Waals surface area contributed by atoms with Crippen LogP contribution in [0.1, 0.15) is 65.3 Å². The maximum absolute atomic E-state index is 12.7. The fourth-order valence-electron chi connectivity index (χ4n) is 4.02. The lowest BCUT2D eigenvalue weighted by Crippen LogP contribution is -2.26. The van der Waals surface area contributed by atoms with Crippen molar-refractivity contribution < 1.29 is 28.6 Å². The molecule has 0 radical (unpaired) electrons. The molecule has 0 fully saturated rings. The number of thiophene rings is 1. The molecule has 1 atom stereocenters. The zero-order valence-corrected chi connectivity index (χ0v) is 20.6. The van der Waals surface area contributed by atoms with Gasteiger partial charge >= 0.3 is 5.97 Å². The number of esters is 1. The van der Waals surface area contributed by atoms with Gasteiger partial charge in [0, 0.05) is 10.4 Å². The van der Waals surface area contributed by atoms with E-state index in [0.29, 0.717) is 39.8 Å². The van der Waals surface area contributed by atoms with Gasteiger partial charge in [0.05, 0.1) is 19.3 Å². The molecule has 0 spiro atoms. The summed E-state index contributed by atoms with van der Waals surface area (Å²) in [6.07, 6.45) is 3.36. The number of carbonyl (C=O) groups is 3. The number of anilines is 1. The van der Waals surface area contributed by atoms with Crippen LogP contribution in [-0.4, -0.2) is 38.5 Å². The average molecular weight is 474 g/mol. The standard InChI is InChI=1S/C25H31NO6S/c1-6-31-24(29)22-17-9-8-16(25(2,3)4)12-20(17)33-23(22)26-21(28)14-32-18-10-7-15(13-27)11-19(18)30-5/h7,10-11,13,16H,6,8-9,12,14H2,1-5H3,(H,26,28)/t16-/m1/s1. The van der Waals surface area contributed by atoms with Gasteiger partial charge in [-0.15, -0.1) is 11.3 Å². The van der Waals surface area contributed by atoms with E-state index in [2.05, 4.69) is 26.1 Å². The Morgan fingerprint density at radius 3 is 2.64 bits per heavy atom. The Morgan fingerprint density at radius 1 is 1.24 bits per heavy atom. The Hall–Kier alpha value is -2.87. The number of fused-ring (bicyclic) bond motifs is 1. The van der Waals surface area contributed by atoms with E-state index in [1.807, 2.05) is 0 Å². The van der Waals surface area contributed by atoms with Crippen molar-refractivity contribution in [3.63, 3.8) is 0 Å². The first-order valence-electron chi connectivity index (χ1n) is 11.0. The number of hydrogen-bond donors (Lipinski definition) is 1. The molecule has 0 saturated heterocycles. The van der Waals surface area contributed by atoms with Crippen molar-refractivity contribution in [2.45, 2.75) is 47.0 Å². The van der Waals surface area contributed by atoms with Crippen LogP contribution in [0.5, 0.6) is 11.5 Å². The fraction of sp³-hybridized carbons (Fsp3) is 0.480. The zero-order valence-electron chi connectivity index (χ0n) is 19.8. The van der Waals surface area contributed by atoms with Crippen molar-refractivity contribution in [3.8, 4) is 11.5 Å². The van der Waals surface area contributed by atoms with E-state index in [9.17, 15) is 14.4 Å². The summed E-state index contributed by atoms with van der Waals surface area (Å²) in [7, 11) is 1.46. The van der Waals surface area contributed by atoms with Crippen molar-refractivity contribution >= 4 is 34.5 Å². The number of hydrogen-bond acceptors (Lipinski definition) is 7. The largest absolute Gasteiger partial charge is 0.493 e. The molecular weight excluding hydrogens is 442 g/mol. The quantitative estimate of drug-likeness (QED) is 0.433. The van der Waals surface area contributed by atoms with Crippen LogP contribution in [-0.2, 0) is 22.4 Å². The Kier molecular flexibility index (Phi) is 7.79. The van der Waals surface area contributed by atoms with Gasteiger partial charge in [-0.1, -0.05) is 20.8 Å². The molecule has 1 heterocycles. The molecule has 7 nitrogen and oxygen atoms in total. The summed E-state index contributed by atoms with van der Waals surface area (Å²) in [6.45, 7) is 8.46. The number of carbonyl (C=O) groups excluding carboxylic acids is 3. The van der Waals surface area contributed by atoms with Crippen molar-refractivity contribution in [1.82, 2.24) is 0 Å². The van der Waals surface area contributed by atoms with E-state index >= 15 is 0 Å². The maximum atomic E-state index is 12.7. The van der Waals surface area contributed by atoms with Crippen molar-refractivity contribution in [1.29, 1.82) is 0 Å². The number of ether oxygens (including phenoxy) is 3. The molecule has 1 aliphatic rings. The van der Waals surface area contributed by atoms with E-state index in [-0.39, 0.29) is 18.6 Å². The normalized spacial score (nSPS) is 15.4. The van der Waals surface area contributed by atoms with Crippen LogP contribution in [0.4, 0.5) is 5.00 Å². The van der Waals surface area contributed by atoms with Gasteiger partial charge in [-0.2, -0.15) is 0 Å². The molecule has 33 heavy (non-hydrogen) atoms. The van der Waals surface area contributed by atoms with Gasteiger partial charge < -0.3 is 19.5 Å². The van der Waals surface area contributed by atoms with Crippen LogP contribution in [0.25, 0.3) is 0 Å². The molecular formula is C25H31NO6S. The van der Waals surface area contributed by atoms with Gasteiger partial charge in [0.2, 0.25) is 0 Å². The molecule has 1 aromatic carbocycles. The van der Waals surface area contributed by atoms with Crippen molar-refractivity contribution in [2.75, 3.05) is 25.6 Å². The highest BCUT2D eigenvalue weighted by molar-refractivity contribution is 7.17.